The molecular weight excluding hydrogens is 1780 g/mol. The lowest BCUT2D eigenvalue weighted by atomic mass is 9.81. The zero-order valence-corrected chi connectivity index (χ0v) is 78.4. The zero-order chi connectivity index (χ0) is 100. The number of nitrogens with one attached hydrogen (secondary N) is 6. The Labute approximate surface area is 782 Å². The van der Waals surface area contributed by atoms with Crippen LogP contribution in [-0.2, 0) is 145 Å². The molecule has 3 aliphatic heterocycles. The molecule has 0 radical (unpaired) electrons. The van der Waals surface area contributed by atoms with E-state index in [4.69, 9.17) is 14.5 Å². The first-order valence-electron chi connectivity index (χ1n) is 43.7. The van der Waals surface area contributed by atoms with Crippen LogP contribution in [0.3, 0.4) is 0 Å². The van der Waals surface area contributed by atoms with Gasteiger partial charge < -0.3 is 105 Å². The summed E-state index contributed by atoms with van der Waals surface area (Å²) in [6.07, 6.45) is 2.93. The molecule has 19 amide bonds. The number of hydrogen-bond donors (Lipinski definition) is 7. The van der Waals surface area contributed by atoms with Gasteiger partial charge in [0.15, 0.2) is 5.60 Å². The van der Waals surface area contributed by atoms with Gasteiger partial charge in [0.25, 0.3) is 17.4 Å². The number of likely N-dealkylation sites (N-methyl/N-ethyl adjacent to an activating group) is 11. The number of aromatic nitrogens is 2. The van der Waals surface area contributed by atoms with Crippen LogP contribution in [0.1, 0.15) is 108 Å². The number of anilines is 1. The number of pyridine rings is 2. The third kappa shape index (κ3) is 26.7. The Bertz CT molecular complexity index is 5650. The number of cyclic esters (lactones) is 1. The maximum atomic E-state index is 15.9. The highest BCUT2D eigenvalue weighted by Crippen LogP contribution is 2.46. The molecule has 7 N–H and O–H groups in total. The summed E-state index contributed by atoms with van der Waals surface area (Å²) in [5.41, 5.74) is 0.896. The standard InChI is InChI=1S/C91H115FN20O24/c1-15-91(134)61-34-67-86-58(40-112(67)88(131)60(61)52-135-89(91)132)85-64(29-28-57-53(2)62(92)35-65(98-86)84(57)85)99-90(133)136-51-59-56(25-22-26-63(59)96-71(117)38-95-87(130)66(33-55-23-18-16-19-24-55)97-70(116)37-94-69(115)36-93-68(114)27-20-17-21-32-111-72(118)30-31-73(111)119)39-101(5)75(121)42-103(7)77(123)44-105(9)79(125)46-107(11)81(127)48-109(13)83(129)50-110(14)82(128)49-108(12)80(126)47-106(10)78(124)45-104(8)76(122)43-102(6)74(120)41-100(4)54(3)113/h16,18-19,22-26,30-31,34-35,64,66,134H,15,17,20-21,27-29,32-33,36-52H2,1-14H3,(H,93,114)(H,94,115)(H,95,130)(H,96,117)(H,97,116)(H,99,133)/t64-,66-,91-/m0/s1. The number of imide groups is 1. The van der Waals surface area contributed by atoms with Crippen LogP contribution in [0.4, 0.5) is 14.9 Å². The Morgan fingerprint density at radius 3 is 1.56 bits per heavy atom. The van der Waals surface area contributed by atoms with Crippen molar-refractivity contribution in [2.24, 2.45) is 0 Å². The van der Waals surface area contributed by atoms with Gasteiger partial charge in [-0.15, -0.1) is 0 Å². The topological polar surface area (TPSA) is 526 Å². The molecule has 0 bridgehead atoms. The van der Waals surface area contributed by atoms with Crippen LogP contribution in [0.25, 0.3) is 22.3 Å². The Hall–Kier alpha value is -15.0. The molecule has 44 nitrogen and oxygen atoms in total. The SMILES string of the molecule is CC[C@@]1(O)C(=O)OCc2c1cc1n(c2=O)Cc2c-1nc1cc(F)c(C)c3c1c2[C@@H](NC(=O)OCc1c(CN(C)C(=O)CN(C)C(=O)CN(C)C(=O)CN(C)C(=O)CN(C)C(=O)CN(C)C(=O)CN(C)C(=O)CN(C)C(=O)CN(C)C(=O)CN(C)C(=O)CN(C)C(C)=O)cccc1NC(=O)CNC(=O)[C@H](Cc1ccccc1)NC(=O)CNC(=O)CNC(=O)CCCCCN1C(=O)C=CC1=O)CC3. The van der Waals surface area contributed by atoms with E-state index in [1.54, 1.807) is 50.2 Å². The number of unbranched alkanes of at least 4 members (excludes halogenated alkanes) is 2. The van der Waals surface area contributed by atoms with Gasteiger partial charge in [-0.1, -0.05) is 55.8 Å². The minimum Gasteiger partial charge on any atom is -0.458 e. The van der Waals surface area contributed by atoms with Crippen LogP contribution < -0.4 is 37.5 Å². The average Bonchev–Trinajstić information content (AvgIpc) is 1.49. The van der Waals surface area contributed by atoms with E-state index in [0.717, 1.165) is 49.0 Å². The molecule has 1 aliphatic carbocycles. The maximum Gasteiger partial charge on any atom is 0.407 e. The van der Waals surface area contributed by atoms with Gasteiger partial charge in [-0.3, -0.25) is 96.0 Å². The fraction of sp³-hybridized carbons (Fsp3) is 0.473. The van der Waals surface area contributed by atoms with Gasteiger partial charge in [-0.05, 0) is 79.0 Å². The fourth-order valence-electron chi connectivity index (χ4n) is 15.3. The molecule has 4 aliphatic rings. The van der Waals surface area contributed by atoms with E-state index in [1.807, 2.05) is 0 Å². The van der Waals surface area contributed by atoms with Crippen LogP contribution in [0, 0.1) is 12.7 Å². The highest BCUT2D eigenvalue weighted by Gasteiger charge is 2.47. The minimum atomic E-state index is -2.17. The van der Waals surface area contributed by atoms with Crippen LogP contribution in [0.5, 0.6) is 0 Å². The number of nitrogens with zero attached hydrogens (tertiary/aromatic N) is 14. The lowest BCUT2D eigenvalue weighted by molar-refractivity contribution is -0.172. The Morgan fingerprint density at radius 1 is 0.566 bits per heavy atom. The molecule has 2 aromatic heterocycles. The lowest BCUT2D eigenvalue weighted by Crippen LogP contribution is -2.52. The van der Waals surface area contributed by atoms with Crippen molar-refractivity contribution in [3.63, 3.8) is 0 Å². The number of halogens is 1. The van der Waals surface area contributed by atoms with E-state index >= 15 is 4.39 Å². The second-order valence-electron chi connectivity index (χ2n) is 34.0. The summed E-state index contributed by atoms with van der Waals surface area (Å²) in [5, 5.41) is 27.8. The van der Waals surface area contributed by atoms with Crippen LogP contribution in [0.15, 0.2) is 77.6 Å². The smallest absolute Gasteiger partial charge is 0.407 e. The number of amides is 19. The predicted molar refractivity (Wildman–Crippen MR) is 483 cm³/mol. The van der Waals surface area contributed by atoms with Gasteiger partial charge >= 0.3 is 12.1 Å². The Balaban J connectivity index is 0.815. The first kappa shape index (κ1) is 105. The number of carbonyl (C=O) groups is 20. The molecule has 0 saturated carbocycles. The molecular formula is C91H115FN20O24. The summed E-state index contributed by atoms with van der Waals surface area (Å²) in [6.45, 7) is -3.64. The second kappa shape index (κ2) is 46.6. The second-order valence-corrected chi connectivity index (χ2v) is 34.0. The monoisotopic (exact) mass is 1890 g/mol. The molecule has 45 heteroatoms. The van der Waals surface area contributed by atoms with E-state index in [9.17, 15) is 106 Å². The molecule has 9 rings (SSSR count). The summed E-state index contributed by atoms with van der Waals surface area (Å²) >= 11 is 0. The summed E-state index contributed by atoms with van der Waals surface area (Å²) in [5.74, 6) is -13.1. The number of aryl methyl sites for hydroxylation is 1. The van der Waals surface area contributed by atoms with Gasteiger partial charge in [0.1, 0.15) is 25.1 Å². The lowest BCUT2D eigenvalue weighted by Gasteiger charge is -2.31. The number of ether oxygens (including phenoxy) is 2. The van der Waals surface area contributed by atoms with Gasteiger partial charge in [0.05, 0.1) is 120 Å². The normalized spacial score (nSPS) is 14.3. The van der Waals surface area contributed by atoms with E-state index in [0.29, 0.717) is 52.5 Å². The van der Waals surface area contributed by atoms with Crippen molar-refractivity contribution in [2.45, 2.75) is 116 Å². The van der Waals surface area contributed by atoms with E-state index in [-0.39, 0.29) is 109 Å². The molecule has 0 fully saturated rings. The summed E-state index contributed by atoms with van der Waals surface area (Å²) < 4.78 is 28.7. The first-order valence-corrected chi connectivity index (χ1v) is 43.7. The predicted octanol–water partition coefficient (Wildman–Crippen LogP) is -2.50. The summed E-state index contributed by atoms with van der Waals surface area (Å²) in [4.78, 5) is 295. The van der Waals surface area contributed by atoms with E-state index < -0.39 is 233 Å². The van der Waals surface area contributed by atoms with Gasteiger partial charge in [-0.25, -0.2) is 19.0 Å². The van der Waals surface area contributed by atoms with Crippen molar-refractivity contribution < 1.29 is 115 Å². The molecule has 0 saturated heterocycles. The van der Waals surface area contributed by atoms with Crippen LogP contribution in [-0.4, -0.2) is 367 Å². The highest BCUT2D eigenvalue weighted by atomic mass is 19.1. The van der Waals surface area contributed by atoms with Gasteiger partial charge in [0, 0.05) is 156 Å². The Kier molecular flexibility index (Phi) is 35.9. The molecule has 730 valence electrons. The number of aliphatic hydroxyl groups is 1. The number of alkyl carbamates (subject to hydrolysis) is 1. The number of benzene rings is 3. The third-order valence-corrected chi connectivity index (χ3v) is 23.9. The van der Waals surface area contributed by atoms with E-state index in [2.05, 4.69) is 31.9 Å². The molecule has 3 atom stereocenters. The van der Waals surface area contributed by atoms with Crippen molar-refractivity contribution >= 4 is 135 Å². The maximum absolute atomic E-state index is 15.9. The largest absolute Gasteiger partial charge is 0.458 e. The number of hydrogen-bond acceptors (Lipinski definition) is 25. The number of rotatable bonds is 43. The van der Waals surface area contributed by atoms with Crippen molar-refractivity contribution in [1.29, 1.82) is 0 Å². The van der Waals surface area contributed by atoms with Crippen molar-refractivity contribution in [3.8, 4) is 11.4 Å². The summed E-state index contributed by atoms with van der Waals surface area (Å²) in [6, 6.07) is 13.5. The Morgan fingerprint density at radius 2 is 1.05 bits per heavy atom. The summed E-state index contributed by atoms with van der Waals surface area (Å²) in [7, 11) is 14.5. The van der Waals surface area contributed by atoms with Gasteiger partial charge in [0.2, 0.25) is 94.5 Å². The zero-order valence-electron chi connectivity index (χ0n) is 78.4. The molecule has 5 aromatic rings. The molecule has 0 unspecified atom stereocenters. The van der Waals surface area contributed by atoms with Gasteiger partial charge in [-0.2, -0.15) is 0 Å². The first-order chi connectivity index (χ1) is 64.2. The quantitative estimate of drug-likeness (QED) is 0.0118. The molecule has 136 heavy (non-hydrogen) atoms. The molecule has 0 spiro atoms. The van der Waals surface area contributed by atoms with Crippen LogP contribution >= 0.6 is 0 Å². The molecule has 5 heterocycles. The number of fused-ring (bicyclic) bond motifs is 5. The van der Waals surface area contributed by atoms with Crippen molar-refractivity contribution in [2.75, 3.05) is 174 Å². The number of carbonyl (C=O) groups excluding carboxylic acids is 20. The third-order valence-electron chi connectivity index (χ3n) is 23.9. The minimum absolute atomic E-state index is 0.0106. The number of esters is 1. The molecule has 3 aromatic carbocycles. The highest BCUT2D eigenvalue weighted by molar-refractivity contribution is 6.13. The fourth-order valence-corrected chi connectivity index (χ4v) is 15.3. The van der Waals surface area contributed by atoms with Crippen molar-refractivity contribution in [3.05, 3.63) is 139 Å². The average molecular weight is 1890 g/mol. The van der Waals surface area contributed by atoms with Crippen LogP contribution in [0.2, 0.25) is 0 Å². The van der Waals surface area contributed by atoms with Crippen molar-refractivity contribution in [1.82, 2.24) is 94.9 Å². The van der Waals surface area contributed by atoms with E-state index in [1.165, 1.54) is 135 Å².